The van der Waals surface area contributed by atoms with Crippen LogP contribution in [0, 0.1) is 16.7 Å². The second-order valence-corrected chi connectivity index (χ2v) is 6.84. The van der Waals surface area contributed by atoms with Crippen molar-refractivity contribution in [3.05, 3.63) is 59.2 Å². The van der Waals surface area contributed by atoms with E-state index in [9.17, 15) is 0 Å². The molecule has 0 heteroatoms. The first-order chi connectivity index (χ1) is 8.73. The summed E-state index contributed by atoms with van der Waals surface area (Å²) in [6.45, 7) is 5.03. The zero-order valence-electron chi connectivity index (χ0n) is 11.0. The van der Waals surface area contributed by atoms with Crippen LogP contribution in [0.25, 0.3) is 0 Å². The van der Waals surface area contributed by atoms with Crippen LogP contribution in [0.1, 0.15) is 43.2 Å². The molecule has 2 fully saturated rings. The van der Waals surface area contributed by atoms with Gasteiger partial charge in [0.05, 0.1) is 0 Å². The molecule has 0 aliphatic heterocycles. The monoisotopic (exact) mass is 234 g/mol. The number of allylic oxidation sites excluding steroid dienone is 4. The lowest BCUT2D eigenvalue weighted by molar-refractivity contribution is 0.319. The van der Waals surface area contributed by atoms with E-state index in [1.807, 2.05) is 0 Å². The average molecular weight is 234 g/mol. The fourth-order valence-electron chi connectivity index (χ4n) is 5.97. The van der Waals surface area contributed by atoms with Crippen LogP contribution in [0.3, 0.4) is 0 Å². The molecule has 1 aromatic rings. The molecule has 0 aromatic heterocycles. The molecule has 90 valence electrons. The van der Waals surface area contributed by atoms with Crippen molar-refractivity contribution in [2.75, 3.05) is 0 Å². The molecule has 4 aliphatic rings. The standard InChI is InChI=1S/C18H18/c1-11-15-12-7-3-4-8-13(12)16-17(11,2)18(16)10-6-5-9-14(15)18/h3-9,11,15-16H,10H2,1-2H3. The summed E-state index contributed by atoms with van der Waals surface area (Å²) in [5.41, 5.74) is 6.07. The molecule has 0 radical (unpaired) electrons. The Balaban J connectivity index is 1.89. The van der Waals surface area contributed by atoms with Gasteiger partial charge in [-0.05, 0) is 28.9 Å². The fraction of sp³-hybridized carbons (Fsp3) is 0.444. The topological polar surface area (TPSA) is 0 Å². The van der Waals surface area contributed by atoms with Gasteiger partial charge in [0.2, 0.25) is 0 Å². The lowest BCUT2D eigenvalue weighted by atomic mass is 9.67. The van der Waals surface area contributed by atoms with Gasteiger partial charge in [0, 0.05) is 17.3 Å². The second-order valence-electron chi connectivity index (χ2n) is 6.84. The van der Waals surface area contributed by atoms with Gasteiger partial charge >= 0.3 is 0 Å². The van der Waals surface area contributed by atoms with Gasteiger partial charge in [-0.25, -0.2) is 0 Å². The molecule has 1 spiro atoms. The first kappa shape index (κ1) is 9.61. The number of fused-ring (bicyclic) bond motifs is 4. The highest BCUT2D eigenvalue weighted by Gasteiger charge is 2.84. The number of rotatable bonds is 0. The Morgan fingerprint density at radius 3 is 2.78 bits per heavy atom. The Hall–Kier alpha value is -1.30. The van der Waals surface area contributed by atoms with Crippen molar-refractivity contribution in [3.63, 3.8) is 0 Å². The third-order valence-electron chi connectivity index (χ3n) is 6.76. The van der Waals surface area contributed by atoms with Crippen molar-refractivity contribution >= 4 is 0 Å². The molecule has 2 saturated carbocycles. The van der Waals surface area contributed by atoms with Crippen LogP contribution >= 0.6 is 0 Å². The third-order valence-corrected chi connectivity index (χ3v) is 6.76. The van der Waals surface area contributed by atoms with E-state index in [0.717, 1.165) is 11.8 Å². The number of benzene rings is 1. The summed E-state index contributed by atoms with van der Waals surface area (Å²) in [4.78, 5) is 0. The summed E-state index contributed by atoms with van der Waals surface area (Å²) < 4.78 is 0. The lowest BCUT2D eigenvalue weighted by Crippen LogP contribution is -2.24. The summed E-state index contributed by atoms with van der Waals surface area (Å²) in [7, 11) is 0. The highest BCUT2D eigenvalue weighted by molar-refractivity contribution is 5.65. The molecule has 0 saturated heterocycles. The van der Waals surface area contributed by atoms with Gasteiger partial charge in [0.15, 0.2) is 0 Å². The maximum atomic E-state index is 2.55. The van der Waals surface area contributed by atoms with E-state index in [-0.39, 0.29) is 0 Å². The van der Waals surface area contributed by atoms with E-state index in [1.165, 1.54) is 6.42 Å². The summed E-state index contributed by atoms with van der Waals surface area (Å²) in [6, 6.07) is 9.21. The molecule has 4 aliphatic carbocycles. The highest BCUT2D eigenvalue weighted by Crippen LogP contribution is 2.92. The van der Waals surface area contributed by atoms with Crippen LogP contribution < -0.4 is 0 Å². The highest BCUT2D eigenvalue weighted by atomic mass is 14.9. The molecule has 0 heterocycles. The quantitative estimate of drug-likeness (QED) is 0.623. The van der Waals surface area contributed by atoms with Crippen molar-refractivity contribution in [2.24, 2.45) is 16.7 Å². The van der Waals surface area contributed by atoms with Crippen LogP contribution in [-0.4, -0.2) is 0 Å². The Morgan fingerprint density at radius 2 is 1.94 bits per heavy atom. The largest absolute Gasteiger partial charge is 0.0836 e. The molecule has 0 nitrogen and oxygen atoms in total. The van der Waals surface area contributed by atoms with Crippen LogP contribution in [0.5, 0.6) is 0 Å². The van der Waals surface area contributed by atoms with Crippen LogP contribution in [0.2, 0.25) is 0 Å². The van der Waals surface area contributed by atoms with E-state index in [0.29, 0.717) is 16.7 Å². The SMILES string of the molecule is CC1C2C3=CC=CCC34C(c3ccccc32)C14C. The van der Waals surface area contributed by atoms with Gasteiger partial charge in [0.25, 0.3) is 0 Å². The molecular weight excluding hydrogens is 216 g/mol. The molecular formula is C18H18. The maximum absolute atomic E-state index is 2.55. The van der Waals surface area contributed by atoms with Gasteiger partial charge in [-0.15, -0.1) is 0 Å². The molecule has 1 aromatic carbocycles. The fourth-order valence-corrected chi connectivity index (χ4v) is 5.97. The smallest absolute Gasteiger partial charge is 0.00929 e. The van der Waals surface area contributed by atoms with Crippen molar-refractivity contribution in [2.45, 2.75) is 32.1 Å². The van der Waals surface area contributed by atoms with Crippen LogP contribution in [-0.2, 0) is 0 Å². The third kappa shape index (κ3) is 0.659. The van der Waals surface area contributed by atoms with Crippen molar-refractivity contribution < 1.29 is 0 Å². The Kier molecular flexibility index (Phi) is 1.34. The molecule has 5 rings (SSSR count). The maximum Gasteiger partial charge on any atom is 0.00929 e. The zero-order chi connectivity index (χ0) is 12.1. The minimum Gasteiger partial charge on any atom is -0.0836 e. The lowest BCUT2D eigenvalue weighted by Gasteiger charge is -2.37. The summed E-state index contributed by atoms with van der Waals surface area (Å²) in [6.07, 6.45) is 8.39. The van der Waals surface area contributed by atoms with E-state index in [1.54, 1.807) is 16.7 Å². The molecule has 0 amide bonds. The second kappa shape index (κ2) is 2.52. The minimum atomic E-state index is 0.500. The van der Waals surface area contributed by atoms with E-state index in [2.05, 4.69) is 56.3 Å². The minimum absolute atomic E-state index is 0.500. The first-order valence-corrected chi connectivity index (χ1v) is 7.19. The van der Waals surface area contributed by atoms with Crippen molar-refractivity contribution in [1.29, 1.82) is 0 Å². The zero-order valence-corrected chi connectivity index (χ0v) is 11.0. The Morgan fingerprint density at radius 1 is 1.17 bits per heavy atom. The van der Waals surface area contributed by atoms with Crippen molar-refractivity contribution in [3.8, 4) is 0 Å². The average Bonchev–Trinajstić information content (AvgIpc) is 2.90. The first-order valence-electron chi connectivity index (χ1n) is 7.19. The predicted octanol–water partition coefficient (Wildman–Crippen LogP) is 4.41. The van der Waals surface area contributed by atoms with E-state index in [4.69, 9.17) is 0 Å². The Bertz CT molecular complexity index is 635. The predicted molar refractivity (Wildman–Crippen MR) is 73.5 cm³/mol. The summed E-state index contributed by atoms with van der Waals surface area (Å²) >= 11 is 0. The summed E-state index contributed by atoms with van der Waals surface area (Å²) in [5, 5.41) is 0. The van der Waals surface area contributed by atoms with Crippen LogP contribution in [0.15, 0.2) is 48.1 Å². The van der Waals surface area contributed by atoms with E-state index >= 15 is 0 Å². The van der Waals surface area contributed by atoms with Gasteiger partial charge in [-0.2, -0.15) is 0 Å². The molecule has 2 bridgehead atoms. The molecule has 5 unspecified atom stereocenters. The summed E-state index contributed by atoms with van der Waals surface area (Å²) in [5.74, 6) is 2.29. The molecule has 0 N–H and O–H groups in total. The normalized spacial score (nSPS) is 49.4. The van der Waals surface area contributed by atoms with Gasteiger partial charge < -0.3 is 0 Å². The number of hydrogen-bond donors (Lipinski definition) is 0. The Labute approximate surface area is 108 Å². The van der Waals surface area contributed by atoms with Gasteiger partial charge in [-0.1, -0.05) is 61.9 Å². The van der Waals surface area contributed by atoms with Gasteiger partial charge in [0.1, 0.15) is 0 Å². The number of hydrogen-bond acceptors (Lipinski definition) is 0. The van der Waals surface area contributed by atoms with Crippen molar-refractivity contribution in [1.82, 2.24) is 0 Å². The van der Waals surface area contributed by atoms with Gasteiger partial charge in [-0.3, -0.25) is 0 Å². The molecule has 5 atom stereocenters. The van der Waals surface area contributed by atoms with E-state index < -0.39 is 0 Å². The van der Waals surface area contributed by atoms with Crippen LogP contribution in [0.4, 0.5) is 0 Å². The molecule has 18 heavy (non-hydrogen) atoms.